The number of nitrogens with one attached hydrogen (secondary N) is 1. The third-order valence-corrected chi connectivity index (χ3v) is 4.65. The van der Waals surface area contributed by atoms with E-state index in [4.69, 9.17) is 11.5 Å². The van der Waals surface area contributed by atoms with Gasteiger partial charge in [-0.05, 0) is 33.1 Å². The van der Waals surface area contributed by atoms with Crippen LogP contribution in [0.15, 0.2) is 0 Å². The summed E-state index contributed by atoms with van der Waals surface area (Å²) in [6, 6.07) is 0. The second-order valence-electron chi connectivity index (χ2n) is 5.70. The van der Waals surface area contributed by atoms with Crippen LogP contribution in [0.5, 0.6) is 0 Å². The molecular formula is C13H21N5O2S. The maximum atomic E-state index is 12.2. The maximum Gasteiger partial charge on any atom is 0.266 e. The van der Waals surface area contributed by atoms with Gasteiger partial charge < -0.3 is 21.7 Å². The van der Waals surface area contributed by atoms with Crippen molar-refractivity contribution in [2.24, 2.45) is 5.73 Å². The van der Waals surface area contributed by atoms with Gasteiger partial charge in [0.1, 0.15) is 16.2 Å². The Labute approximate surface area is 127 Å². The van der Waals surface area contributed by atoms with Crippen LogP contribution in [-0.2, 0) is 4.79 Å². The summed E-state index contributed by atoms with van der Waals surface area (Å²) < 4.78 is 0. The fourth-order valence-electron chi connectivity index (χ4n) is 2.11. The molecule has 0 aliphatic carbocycles. The van der Waals surface area contributed by atoms with Crippen LogP contribution in [0.4, 0.5) is 10.9 Å². The number of nitrogen functional groups attached to an aromatic ring is 1. The number of rotatable bonds is 4. The predicted molar refractivity (Wildman–Crippen MR) is 83.3 cm³/mol. The Balaban J connectivity index is 2.15. The summed E-state index contributed by atoms with van der Waals surface area (Å²) >= 11 is 1.25. The van der Waals surface area contributed by atoms with E-state index < -0.39 is 17.4 Å². The molecule has 2 heterocycles. The number of piperidine rings is 1. The van der Waals surface area contributed by atoms with Crippen molar-refractivity contribution in [2.45, 2.75) is 38.6 Å². The van der Waals surface area contributed by atoms with E-state index in [1.807, 2.05) is 0 Å². The molecule has 0 bridgehead atoms. The van der Waals surface area contributed by atoms with E-state index in [0.717, 1.165) is 31.1 Å². The minimum Gasteiger partial charge on any atom is -0.382 e. The molecule has 8 heteroatoms. The van der Waals surface area contributed by atoms with Gasteiger partial charge in [-0.3, -0.25) is 9.59 Å². The average molecular weight is 311 g/mol. The summed E-state index contributed by atoms with van der Waals surface area (Å²) in [6.45, 7) is 4.97. The lowest BCUT2D eigenvalue weighted by Crippen LogP contribution is -2.52. The lowest BCUT2D eigenvalue weighted by molar-refractivity contribution is -0.122. The largest absolute Gasteiger partial charge is 0.382 e. The quantitative estimate of drug-likeness (QED) is 0.757. The molecular weight excluding hydrogens is 290 g/mol. The molecule has 0 spiro atoms. The summed E-state index contributed by atoms with van der Waals surface area (Å²) in [5.74, 6) is -0.828. The number of anilines is 2. The van der Waals surface area contributed by atoms with Crippen molar-refractivity contribution < 1.29 is 9.59 Å². The molecule has 21 heavy (non-hydrogen) atoms. The molecule has 1 fully saturated rings. The first-order chi connectivity index (χ1) is 9.81. The van der Waals surface area contributed by atoms with Gasteiger partial charge in [-0.25, -0.2) is 4.98 Å². The molecule has 1 aliphatic rings. The standard InChI is InChI=1S/C13H21N5O2S/c1-13(2,11(15)20)17-10(19)8-9(14)16-12(21-8)18-6-4-3-5-7-18/h3-7,14H2,1-2H3,(H2,15,20)(H,17,19). The second kappa shape index (κ2) is 5.88. The van der Waals surface area contributed by atoms with E-state index in [9.17, 15) is 9.59 Å². The number of hydrogen-bond donors (Lipinski definition) is 3. The number of nitrogens with zero attached hydrogens (tertiary/aromatic N) is 2. The molecule has 2 amide bonds. The van der Waals surface area contributed by atoms with E-state index in [0.29, 0.717) is 4.88 Å². The van der Waals surface area contributed by atoms with Gasteiger partial charge in [-0.15, -0.1) is 0 Å². The number of nitrogens with two attached hydrogens (primary N) is 2. The highest BCUT2D eigenvalue weighted by Crippen LogP contribution is 2.30. The first kappa shape index (κ1) is 15.6. The van der Waals surface area contributed by atoms with Crippen LogP contribution in [0, 0.1) is 0 Å². The number of amides is 2. The molecule has 1 aliphatic heterocycles. The number of carbonyl (C=O) groups is 2. The van der Waals surface area contributed by atoms with Gasteiger partial charge in [0, 0.05) is 13.1 Å². The van der Waals surface area contributed by atoms with Gasteiger partial charge in [0.15, 0.2) is 5.13 Å². The first-order valence-electron chi connectivity index (χ1n) is 6.95. The van der Waals surface area contributed by atoms with Crippen molar-refractivity contribution in [1.29, 1.82) is 0 Å². The van der Waals surface area contributed by atoms with E-state index in [1.165, 1.54) is 17.8 Å². The van der Waals surface area contributed by atoms with Crippen LogP contribution in [0.25, 0.3) is 0 Å². The lowest BCUT2D eigenvalue weighted by Gasteiger charge is -2.25. The zero-order valence-electron chi connectivity index (χ0n) is 12.3. The molecule has 1 aromatic rings. The minimum absolute atomic E-state index is 0.193. The van der Waals surface area contributed by atoms with Crippen molar-refractivity contribution in [3.8, 4) is 0 Å². The number of thiazole rings is 1. The van der Waals surface area contributed by atoms with Crippen LogP contribution in [0.2, 0.25) is 0 Å². The summed E-state index contributed by atoms with van der Waals surface area (Å²) in [5.41, 5.74) is 9.96. The van der Waals surface area contributed by atoms with Gasteiger partial charge in [-0.2, -0.15) is 0 Å². The van der Waals surface area contributed by atoms with Crippen LogP contribution in [0.3, 0.4) is 0 Å². The Kier molecular flexibility index (Phi) is 4.36. The molecule has 0 atom stereocenters. The molecule has 1 aromatic heterocycles. The molecule has 7 nitrogen and oxygen atoms in total. The highest BCUT2D eigenvalue weighted by Gasteiger charge is 2.29. The molecule has 0 aromatic carbocycles. The van der Waals surface area contributed by atoms with Crippen molar-refractivity contribution in [3.05, 3.63) is 4.88 Å². The van der Waals surface area contributed by atoms with E-state index in [1.54, 1.807) is 13.8 Å². The lowest BCUT2D eigenvalue weighted by atomic mass is 10.1. The Morgan fingerprint density at radius 1 is 1.29 bits per heavy atom. The van der Waals surface area contributed by atoms with E-state index in [-0.39, 0.29) is 5.82 Å². The van der Waals surface area contributed by atoms with Crippen molar-refractivity contribution >= 4 is 34.1 Å². The van der Waals surface area contributed by atoms with Gasteiger partial charge in [-0.1, -0.05) is 11.3 Å². The second-order valence-corrected chi connectivity index (χ2v) is 6.68. The molecule has 5 N–H and O–H groups in total. The zero-order chi connectivity index (χ0) is 15.6. The molecule has 0 unspecified atom stereocenters. The minimum atomic E-state index is -1.13. The van der Waals surface area contributed by atoms with Crippen LogP contribution in [-0.4, -0.2) is 35.4 Å². The normalized spacial score (nSPS) is 15.8. The smallest absolute Gasteiger partial charge is 0.266 e. The van der Waals surface area contributed by atoms with Gasteiger partial charge >= 0.3 is 0 Å². The summed E-state index contributed by atoms with van der Waals surface area (Å²) in [4.78, 5) is 30.3. The average Bonchev–Trinajstić information content (AvgIpc) is 2.81. The van der Waals surface area contributed by atoms with Gasteiger partial charge in [0.25, 0.3) is 5.91 Å². The highest BCUT2D eigenvalue weighted by atomic mass is 32.1. The van der Waals surface area contributed by atoms with Gasteiger partial charge in [0.2, 0.25) is 5.91 Å². The number of primary amides is 1. The van der Waals surface area contributed by atoms with Crippen molar-refractivity contribution in [3.63, 3.8) is 0 Å². The van der Waals surface area contributed by atoms with Crippen molar-refractivity contribution in [2.75, 3.05) is 23.7 Å². The molecule has 2 rings (SSSR count). The van der Waals surface area contributed by atoms with Crippen LogP contribution >= 0.6 is 11.3 Å². The molecule has 0 radical (unpaired) electrons. The van der Waals surface area contributed by atoms with Gasteiger partial charge in [0.05, 0.1) is 0 Å². The summed E-state index contributed by atoms with van der Waals surface area (Å²) in [6.07, 6.45) is 3.46. The Bertz CT molecular complexity index is 549. The fourth-order valence-corrected chi connectivity index (χ4v) is 3.04. The first-order valence-corrected chi connectivity index (χ1v) is 7.76. The highest BCUT2D eigenvalue weighted by molar-refractivity contribution is 7.18. The molecule has 0 saturated carbocycles. The summed E-state index contributed by atoms with van der Waals surface area (Å²) in [7, 11) is 0. The molecule has 116 valence electrons. The Morgan fingerprint density at radius 3 is 2.48 bits per heavy atom. The number of carbonyl (C=O) groups excluding carboxylic acids is 2. The molecule has 1 saturated heterocycles. The monoisotopic (exact) mass is 311 g/mol. The fraction of sp³-hybridized carbons (Fsp3) is 0.615. The topological polar surface area (TPSA) is 114 Å². The van der Waals surface area contributed by atoms with Crippen molar-refractivity contribution in [1.82, 2.24) is 10.3 Å². The Hall–Kier alpha value is -1.83. The predicted octanol–water partition coefficient (Wildman–Crippen LogP) is 0.709. The number of hydrogen-bond acceptors (Lipinski definition) is 6. The van der Waals surface area contributed by atoms with Crippen LogP contribution in [0.1, 0.15) is 42.8 Å². The van der Waals surface area contributed by atoms with E-state index in [2.05, 4.69) is 15.2 Å². The van der Waals surface area contributed by atoms with E-state index >= 15 is 0 Å². The third-order valence-electron chi connectivity index (χ3n) is 3.52. The van der Waals surface area contributed by atoms with Crippen LogP contribution < -0.4 is 21.7 Å². The maximum absolute atomic E-state index is 12.2. The number of aromatic nitrogens is 1. The SMILES string of the molecule is CC(C)(NC(=O)c1sc(N2CCCCC2)nc1N)C(N)=O. The Morgan fingerprint density at radius 2 is 1.90 bits per heavy atom. The zero-order valence-corrected chi connectivity index (χ0v) is 13.1. The third kappa shape index (κ3) is 3.44. The summed E-state index contributed by atoms with van der Waals surface area (Å²) in [5, 5.41) is 3.35.